The zero-order chi connectivity index (χ0) is 10.4. The number of ether oxygens (including phenoxy) is 1. The molecule has 0 spiro atoms. The van der Waals surface area contributed by atoms with Crippen LogP contribution in [0.25, 0.3) is 0 Å². The zero-order valence-corrected chi connectivity index (χ0v) is 8.80. The second-order valence-corrected chi connectivity index (χ2v) is 4.80. The summed E-state index contributed by atoms with van der Waals surface area (Å²) in [6, 6.07) is 0. The molecule has 0 radical (unpaired) electrons. The summed E-state index contributed by atoms with van der Waals surface area (Å²) in [5.41, 5.74) is 5.40. The molecule has 1 aliphatic heterocycles. The van der Waals surface area contributed by atoms with Gasteiger partial charge in [-0.2, -0.15) is 0 Å². The molecule has 3 N–H and O–H groups in total. The lowest BCUT2D eigenvalue weighted by Gasteiger charge is -2.45. The van der Waals surface area contributed by atoms with E-state index in [0.717, 1.165) is 12.8 Å². The summed E-state index contributed by atoms with van der Waals surface area (Å²) < 4.78 is 5.27. The summed E-state index contributed by atoms with van der Waals surface area (Å²) in [5.74, 6) is -0.119. The number of nitrogens with two attached hydrogens (primary N) is 1. The molecule has 2 fully saturated rings. The Hall–Kier alpha value is -0.610. The van der Waals surface area contributed by atoms with Gasteiger partial charge in [0, 0.05) is 18.6 Å². The van der Waals surface area contributed by atoms with E-state index in [-0.39, 0.29) is 17.6 Å². The molecule has 0 amide bonds. The van der Waals surface area contributed by atoms with Crippen molar-refractivity contribution in [3.8, 4) is 0 Å². The highest BCUT2D eigenvalue weighted by atomic mass is 16.5. The summed E-state index contributed by atoms with van der Waals surface area (Å²) >= 11 is 0. The molecule has 0 aromatic carbocycles. The zero-order valence-electron chi connectivity index (χ0n) is 8.80. The summed E-state index contributed by atoms with van der Waals surface area (Å²) in [6.07, 6.45) is 1.84. The van der Waals surface area contributed by atoms with E-state index in [9.17, 15) is 4.79 Å². The number of carbonyl (C=O) groups is 1. The molecule has 1 saturated carbocycles. The second-order valence-electron chi connectivity index (χ2n) is 4.80. The molecule has 0 bridgehead atoms. The second kappa shape index (κ2) is 2.94. The lowest BCUT2D eigenvalue weighted by Crippen LogP contribution is -2.68. The fraction of sp³-hybridized carbons (Fsp3) is 0.900. The molecule has 4 nitrogen and oxygen atoms in total. The lowest BCUT2D eigenvalue weighted by molar-refractivity contribution is -0.166. The molecule has 1 saturated heterocycles. The third-order valence-corrected chi connectivity index (χ3v) is 3.33. The van der Waals surface area contributed by atoms with Gasteiger partial charge in [-0.25, -0.2) is 0 Å². The van der Waals surface area contributed by atoms with Crippen molar-refractivity contribution in [2.24, 2.45) is 11.1 Å². The molecule has 14 heavy (non-hydrogen) atoms. The Morgan fingerprint density at radius 2 is 2.00 bits per heavy atom. The van der Waals surface area contributed by atoms with Crippen molar-refractivity contribution in [1.82, 2.24) is 5.32 Å². The highest BCUT2D eigenvalue weighted by Gasteiger charge is 2.65. The average Bonchev–Trinajstić information content (AvgIpc) is 2.63. The van der Waals surface area contributed by atoms with E-state index >= 15 is 0 Å². The van der Waals surface area contributed by atoms with Crippen LogP contribution in [-0.4, -0.2) is 30.7 Å². The number of hydrogen-bond acceptors (Lipinski definition) is 4. The van der Waals surface area contributed by atoms with Gasteiger partial charge in [0.1, 0.15) is 5.41 Å². The summed E-state index contributed by atoms with van der Waals surface area (Å²) in [7, 11) is 0. The van der Waals surface area contributed by atoms with Gasteiger partial charge in [0.05, 0.1) is 6.10 Å². The van der Waals surface area contributed by atoms with Gasteiger partial charge in [0.15, 0.2) is 0 Å². The minimum absolute atomic E-state index is 0.0534. The Bertz CT molecular complexity index is 255. The smallest absolute Gasteiger partial charge is 0.316 e. The largest absolute Gasteiger partial charge is 0.462 e. The fourth-order valence-corrected chi connectivity index (χ4v) is 2.01. The van der Waals surface area contributed by atoms with Crippen molar-refractivity contribution < 1.29 is 9.53 Å². The van der Waals surface area contributed by atoms with E-state index in [2.05, 4.69) is 5.32 Å². The summed E-state index contributed by atoms with van der Waals surface area (Å²) in [5, 5.41) is 3.12. The van der Waals surface area contributed by atoms with E-state index in [4.69, 9.17) is 10.5 Å². The number of esters is 1. The molecule has 0 unspecified atom stereocenters. The Kier molecular flexibility index (Phi) is 2.08. The Balaban J connectivity index is 2.09. The molecule has 80 valence electrons. The number of hydrogen-bond donors (Lipinski definition) is 2. The van der Waals surface area contributed by atoms with E-state index in [1.807, 2.05) is 13.8 Å². The minimum Gasteiger partial charge on any atom is -0.462 e. The molecular formula is C10H18N2O2. The normalized spacial score (nSPS) is 26.9. The lowest BCUT2D eigenvalue weighted by atomic mass is 9.73. The third-order valence-electron chi connectivity index (χ3n) is 3.33. The molecule has 0 aromatic rings. The predicted octanol–water partition coefficient (Wildman–Crippen LogP) is 0.0189. The first-order valence-corrected chi connectivity index (χ1v) is 5.21. The van der Waals surface area contributed by atoms with Crippen LogP contribution in [0.5, 0.6) is 0 Å². The van der Waals surface area contributed by atoms with Crippen LogP contribution in [0.2, 0.25) is 0 Å². The topological polar surface area (TPSA) is 64.3 Å². The van der Waals surface area contributed by atoms with Gasteiger partial charge >= 0.3 is 5.97 Å². The fourth-order valence-electron chi connectivity index (χ4n) is 2.01. The van der Waals surface area contributed by atoms with Gasteiger partial charge in [-0.05, 0) is 26.7 Å². The SMILES string of the molecule is CC(C)OC(=O)C1(C2(N)CC2)CNC1. The quantitative estimate of drug-likeness (QED) is 0.627. The van der Waals surface area contributed by atoms with E-state index in [0.29, 0.717) is 13.1 Å². The first-order chi connectivity index (χ1) is 6.50. The monoisotopic (exact) mass is 198 g/mol. The van der Waals surface area contributed by atoms with Crippen LogP contribution in [-0.2, 0) is 9.53 Å². The van der Waals surface area contributed by atoms with Gasteiger partial charge in [0.25, 0.3) is 0 Å². The Morgan fingerprint density at radius 1 is 1.43 bits per heavy atom. The number of rotatable bonds is 3. The van der Waals surface area contributed by atoms with Gasteiger partial charge < -0.3 is 15.8 Å². The highest BCUT2D eigenvalue weighted by molar-refractivity contribution is 5.81. The molecule has 2 rings (SSSR count). The van der Waals surface area contributed by atoms with Gasteiger partial charge in [-0.3, -0.25) is 4.79 Å². The van der Waals surface area contributed by atoms with Crippen molar-refractivity contribution in [3.63, 3.8) is 0 Å². The first-order valence-electron chi connectivity index (χ1n) is 5.21. The molecule has 1 aliphatic carbocycles. The minimum atomic E-state index is -0.433. The van der Waals surface area contributed by atoms with E-state index < -0.39 is 5.41 Å². The standard InChI is InChI=1S/C10H18N2O2/c1-7(2)14-8(13)9(5-12-6-9)10(11)3-4-10/h7,12H,3-6,11H2,1-2H3. The van der Waals surface area contributed by atoms with Crippen LogP contribution in [0.15, 0.2) is 0 Å². The van der Waals surface area contributed by atoms with E-state index in [1.165, 1.54) is 0 Å². The van der Waals surface area contributed by atoms with Crippen molar-refractivity contribution in [2.45, 2.75) is 38.3 Å². The highest BCUT2D eigenvalue weighted by Crippen LogP contribution is 2.50. The van der Waals surface area contributed by atoms with Crippen molar-refractivity contribution in [1.29, 1.82) is 0 Å². The molecular weight excluding hydrogens is 180 g/mol. The van der Waals surface area contributed by atoms with Crippen LogP contribution in [0.4, 0.5) is 0 Å². The van der Waals surface area contributed by atoms with Gasteiger partial charge in [-0.1, -0.05) is 0 Å². The van der Waals surface area contributed by atoms with Crippen LogP contribution < -0.4 is 11.1 Å². The maximum absolute atomic E-state index is 11.9. The molecule has 0 atom stereocenters. The van der Waals surface area contributed by atoms with Crippen LogP contribution >= 0.6 is 0 Å². The Morgan fingerprint density at radius 3 is 2.29 bits per heavy atom. The number of carbonyl (C=O) groups excluding carboxylic acids is 1. The summed E-state index contributed by atoms with van der Waals surface area (Å²) in [4.78, 5) is 11.9. The first kappa shape index (κ1) is 9.93. The van der Waals surface area contributed by atoms with Crippen LogP contribution in [0.1, 0.15) is 26.7 Å². The van der Waals surface area contributed by atoms with Crippen molar-refractivity contribution in [3.05, 3.63) is 0 Å². The van der Waals surface area contributed by atoms with Crippen molar-refractivity contribution >= 4 is 5.97 Å². The third kappa shape index (κ3) is 1.25. The maximum Gasteiger partial charge on any atom is 0.316 e. The predicted molar refractivity (Wildman–Crippen MR) is 52.7 cm³/mol. The molecule has 1 heterocycles. The van der Waals surface area contributed by atoms with Crippen LogP contribution in [0, 0.1) is 5.41 Å². The number of nitrogens with one attached hydrogen (secondary N) is 1. The average molecular weight is 198 g/mol. The van der Waals surface area contributed by atoms with Gasteiger partial charge in [-0.15, -0.1) is 0 Å². The van der Waals surface area contributed by atoms with Gasteiger partial charge in [0.2, 0.25) is 0 Å². The molecule has 4 heteroatoms. The molecule has 0 aromatic heterocycles. The maximum atomic E-state index is 11.9. The van der Waals surface area contributed by atoms with Crippen molar-refractivity contribution in [2.75, 3.05) is 13.1 Å². The van der Waals surface area contributed by atoms with Crippen LogP contribution in [0.3, 0.4) is 0 Å². The molecule has 2 aliphatic rings. The Labute approximate surface area is 84.2 Å². The van der Waals surface area contributed by atoms with E-state index in [1.54, 1.807) is 0 Å². The summed E-state index contributed by atoms with van der Waals surface area (Å²) in [6.45, 7) is 5.09.